The van der Waals surface area contributed by atoms with Gasteiger partial charge in [-0.25, -0.2) is 0 Å². The number of carbonyl (C=O) groups excluding carboxylic acids is 2. The van der Waals surface area contributed by atoms with E-state index in [-0.39, 0.29) is 6.47 Å². The molecule has 1 unspecified atom stereocenters. The van der Waals surface area contributed by atoms with Crippen molar-refractivity contribution in [1.82, 2.24) is 5.73 Å². The maximum atomic E-state index is 10.7. The monoisotopic (exact) mass is 178 g/mol. The topological polar surface area (TPSA) is 67.2 Å². The molecule has 0 aliphatic carbocycles. The van der Waals surface area contributed by atoms with Crippen molar-refractivity contribution < 1.29 is 14.3 Å². The smallest absolute Gasteiger partial charge is 0.294 e. The van der Waals surface area contributed by atoms with Crippen LogP contribution in [0.25, 0.3) is 0 Å². The fourth-order valence-electron chi connectivity index (χ4n) is 0.975. The van der Waals surface area contributed by atoms with Crippen molar-refractivity contribution >= 4 is 12.4 Å². The molecule has 1 N–H and O–H groups in total. The third-order valence-electron chi connectivity index (χ3n) is 1.53. The number of benzene rings is 1. The van der Waals surface area contributed by atoms with Gasteiger partial charge in [0.25, 0.3) is 12.4 Å². The molecule has 0 fully saturated rings. The fourth-order valence-corrected chi connectivity index (χ4v) is 0.975. The summed E-state index contributed by atoms with van der Waals surface area (Å²) < 4.78 is 4.47. The van der Waals surface area contributed by atoms with Gasteiger partial charge in [-0.2, -0.15) is 0 Å². The third kappa shape index (κ3) is 2.30. The summed E-state index contributed by atoms with van der Waals surface area (Å²) in [6.07, 6.45) is -1.10. The van der Waals surface area contributed by atoms with Gasteiger partial charge in [-0.1, -0.05) is 30.3 Å². The van der Waals surface area contributed by atoms with Gasteiger partial charge in [0.05, 0.1) is 0 Å². The summed E-state index contributed by atoms with van der Waals surface area (Å²) in [5.41, 5.74) is 7.36. The van der Waals surface area contributed by atoms with Crippen LogP contribution < -0.4 is 5.73 Å². The molecule has 0 saturated heterocycles. The minimum absolute atomic E-state index is 0.171. The molecule has 4 nitrogen and oxygen atoms in total. The standard InChI is InChI=1S/C9H8NO3/c10-9(12)8(13-6-11)7-4-2-1-3-5-7/h1-6,8,10H. The zero-order valence-corrected chi connectivity index (χ0v) is 6.77. The second-order valence-corrected chi connectivity index (χ2v) is 2.39. The van der Waals surface area contributed by atoms with Crippen molar-refractivity contribution in [2.24, 2.45) is 0 Å². The molecule has 1 amide bonds. The predicted octanol–water partition coefficient (Wildman–Crippen LogP) is 0.710. The highest BCUT2D eigenvalue weighted by atomic mass is 16.5. The van der Waals surface area contributed by atoms with E-state index in [2.05, 4.69) is 4.74 Å². The molecular formula is C9H8NO3. The van der Waals surface area contributed by atoms with Crippen LogP contribution in [0.4, 0.5) is 0 Å². The van der Waals surface area contributed by atoms with Crippen LogP contribution in [0.5, 0.6) is 0 Å². The van der Waals surface area contributed by atoms with Crippen molar-refractivity contribution in [3.05, 3.63) is 35.9 Å². The molecule has 0 aromatic heterocycles. The summed E-state index contributed by atoms with van der Waals surface area (Å²) >= 11 is 0. The first kappa shape index (κ1) is 9.25. The van der Waals surface area contributed by atoms with Crippen LogP contribution >= 0.6 is 0 Å². The minimum atomic E-state index is -1.10. The van der Waals surface area contributed by atoms with Gasteiger partial charge >= 0.3 is 0 Å². The molecule has 0 heterocycles. The van der Waals surface area contributed by atoms with E-state index in [1.807, 2.05) is 0 Å². The summed E-state index contributed by atoms with van der Waals surface area (Å²) in [6.45, 7) is 0.171. The SMILES string of the molecule is [NH]C(=O)C(OC=O)c1ccccc1. The zero-order valence-electron chi connectivity index (χ0n) is 6.77. The second kappa shape index (κ2) is 4.25. The lowest BCUT2D eigenvalue weighted by Crippen LogP contribution is -2.15. The van der Waals surface area contributed by atoms with Crippen molar-refractivity contribution in [3.8, 4) is 0 Å². The molecule has 0 aliphatic rings. The maximum Gasteiger partial charge on any atom is 0.294 e. The van der Waals surface area contributed by atoms with Crippen LogP contribution in [0.3, 0.4) is 0 Å². The van der Waals surface area contributed by atoms with E-state index >= 15 is 0 Å². The average molecular weight is 178 g/mol. The average Bonchev–Trinajstić information content (AvgIpc) is 2.15. The van der Waals surface area contributed by atoms with E-state index in [1.54, 1.807) is 30.3 Å². The van der Waals surface area contributed by atoms with Crippen LogP contribution in [0.1, 0.15) is 11.7 Å². The number of hydrogen-bond donors (Lipinski definition) is 0. The van der Waals surface area contributed by atoms with E-state index in [0.717, 1.165) is 0 Å². The molecule has 1 radical (unpaired) electrons. The molecule has 0 aliphatic heterocycles. The van der Waals surface area contributed by atoms with E-state index in [1.165, 1.54) is 0 Å². The third-order valence-corrected chi connectivity index (χ3v) is 1.53. The molecule has 13 heavy (non-hydrogen) atoms. The lowest BCUT2D eigenvalue weighted by atomic mass is 10.1. The Morgan fingerprint density at radius 3 is 2.46 bits per heavy atom. The minimum Gasteiger partial charge on any atom is -0.449 e. The summed E-state index contributed by atoms with van der Waals surface area (Å²) in [7, 11) is 0. The normalized spacial score (nSPS) is 11.7. The summed E-state index contributed by atoms with van der Waals surface area (Å²) in [6, 6.07) is 8.44. The molecule has 0 saturated carbocycles. The van der Waals surface area contributed by atoms with E-state index in [4.69, 9.17) is 5.73 Å². The van der Waals surface area contributed by atoms with Gasteiger partial charge in [0.1, 0.15) is 0 Å². The number of hydrogen-bond acceptors (Lipinski definition) is 3. The van der Waals surface area contributed by atoms with E-state index in [9.17, 15) is 9.59 Å². The summed E-state index contributed by atoms with van der Waals surface area (Å²) in [5, 5.41) is 0. The Labute approximate surface area is 75.3 Å². The van der Waals surface area contributed by atoms with E-state index in [0.29, 0.717) is 5.56 Å². The molecule has 4 heteroatoms. The number of carbonyl (C=O) groups is 2. The highest BCUT2D eigenvalue weighted by molar-refractivity contribution is 5.80. The van der Waals surface area contributed by atoms with Crippen molar-refractivity contribution in [2.45, 2.75) is 6.10 Å². The van der Waals surface area contributed by atoms with Crippen molar-refractivity contribution in [3.63, 3.8) is 0 Å². The first-order valence-electron chi connectivity index (χ1n) is 3.65. The molecule has 67 valence electrons. The predicted molar refractivity (Wildman–Crippen MR) is 44.4 cm³/mol. The van der Waals surface area contributed by atoms with E-state index < -0.39 is 12.0 Å². The molecule has 1 rings (SSSR count). The quantitative estimate of drug-likeness (QED) is 0.637. The van der Waals surface area contributed by atoms with Crippen molar-refractivity contribution in [2.75, 3.05) is 0 Å². The largest absolute Gasteiger partial charge is 0.449 e. The first-order valence-corrected chi connectivity index (χ1v) is 3.65. The lowest BCUT2D eigenvalue weighted by Gasteiger charge is -2.09. The molecule has 1 atom stereocenters. The number of nitrogens with one attached hydrogen (secondary N) is 1. The Morgan fingerprint density at radius 2 is 2.00 bits per heavy atom. The molecule has 0 bridgehead atoms. The number of ether oxygens (including phenoxy) is 1. The molecular weight excluding hydrogens is 170 g/mol. The van der Waals surface area contributed by atoms with Gasteiger partial charge in [0, 0.05) is 5.56 Å². The van der Waals surface area contributed by atoms with Crippen LogP contribution in [0, 0.1) is 0 Å². The van der Waals surface area contributed by atoms with Gasteiger partial charge < -0.3 is 4.74 Å². The first-order chi connectivity index (χ1) is 6.25. The fraction of sp³-hybridized carbons (Fsp3) is 0.111. The Kier molecular flexibility index (Phi) is 3.03. The Bertz CT molecular complexity index is 297. The van der Waals surface area contributed by atoms with Gasteiger partial charge in [0.15, 0.2) is 0 Å². The second-order valence-electron chi connectivity index (χ2n) is 2.39. The van der Waals surface area contributed by atoms with Crippen molar-refractivity contribution in [1.29, 1.82) is 0 Å². The van der Waals surface area contributed by atoms with Gasteiger partial charge in [-0.05, 0) is 0 Å². The van der Waals surface area contributed by atoms with Crippen LogP contribution in [0.15, 0.2) is 30.3 Å². The maximum absolute atomic E-state index is 10.7. The molecule has 1 aromatic rings. The highest BCUT2D eigenvalue weighted by Gasteiger charge is 2.18. The summed E-state index contributed by atoms with van der Waals surface area (Å²) in [4.78, 5) is 20.8. The highest BCUT2D eigenvalue weighted by Crippen LogP contribution is 2.15. The Morgan fingerprint density at radius 1 is 1.38 bits per heavy atom. The zero-order chi connectivity index (χ0) is 9.68. The Balaban J connectivity index is 2.88. The lowest BCUT2D eigenvalue weighted by molar-refractivity contribution is -0.144. The van der Waals surface area contributed by atoms with Gasteiger partial charge in [0.2, 0.25) is 6.10 Å². The molecule has 0 spiro atoms. The Hall–Kier alpha value is -1.84. The van der Waals surface area contributed by atoms with Crippen LogP contribution in [0.2, 0.25) is 0 Å². The van der Waals surface area contributed by atoms with Crippen LogP contribution in [-0.2, 0) is 14.3 Å². The number of amides is 1. The number of rotatable bonds is 4. The summed E-state index contributed by atoms with van der Waals surface area (Å²) in [5.74, 6) is -0.932. The van der Waals surface area contributed by atoms with Gasteiger partial charge in [-0.15, -0.1) is 0 Å². The van der Waals surface area contributed by atoms with Crippen LogP contribution in [-0.4, -0.2) is 12.4 Å². The van der Waals surface area contributed by atoms with Gasteiger partial charge in [-0.3, -0.25) is 15.3 Å². The molecule has 1 aromatic carbocycles.